The van der Waals surface area contributed by atoms with Crippen LogP contribution in [0.3, 0.4) is 0 Å². The molecule has 106 valence electrons. The Kier molecular flexibility index (Phi) is 3.71. The Morgan fingerprint density at radius 3 is 2.68 bits per heavy atom. The molecule has 4 N–H and O–H groups in total. The molecule has 0 unspecified atom stereocenters. The number of hydrogen-bond acceptors (Lipinski definition) is 7. The molecule has 2 rings (SSSR count). The minimum Gasteiger partial charge on any atom is -0.394 e. The summed E-state index contributed by atoms with van der Waals surface area (Å²) in [4.78, 5) is 29.7. The van der Waals surface area contributed by atoms with Crippen molar-refractivity contribution in [3.63, 3.8) is 0 Å². The Balaban J connectivity index is 2.21. The molecule has 1 fully saturated rings. The molecule has 0 aromatic carbocycles. The predicted molar refractivity (Wildman–Crippen MR) is 60.4 cm³/mol. The average molecular weight is 274 g/mol. The first-order valence-corrected chi connectivity index (χ1v) is 5.56. The summed E-state index contributed by atoms with van der Waals surface area (Å²) >= 11 is 0. The molecule has 9 heteroatoms. The molecule has 4 atom stereocenters. The van der Waals surface area contributed by atoms with E-state index in [2.05, 4.69) is 0 Å². The van der Waals surface area contributed by atoms with Crippen LogP contribution in [-0.4, -0.2) is 56.2 Å². The Morgan fingerprint density at radius 2 is 2.11 bits per heavy atom. The molecule has 9 nitrogen and oxygen atoms in total. The molecule has 0 amide bonds. The van der Waals surface area contributed by atoms with Crippen molar-refractivity contribution in [1.29, 1.82) is 0 Å². The largest absolute Gasteiger partial charge is 0.394 e. The van der Waals surface area contributed by atoms with Crippen LogP contribution in [0.2, 0.25) is 0 Å². The van der Waals surface area contributed by atoms with Crippen LogP contribution in [-0.2, 0) is 4.74 Å². The summed E-state index contributed by atoms with van der Waals surface area (Å²) in [6.07, 6.45) is -3.93. The van der Waals surface area contributed by atoms with Gasteiger partial charge in [-0.3, -0.25) is 9.78 Å². The molecular formula is C10H14N2O7. The number of aliphatic hydroxyl groups is 3. The van der Waals surface area contributed by atoms with Gasteiger partial charge in [0.25, 0.3) is 11.8 Å². The summed E-state index contributed by atoms with van der Waals surface area (Å²) in [5, 5.41) is 28.1. The number of hydrogen-bond donors (Lipinski definition) is 4. The number of aromatic amines is 1. The quantitative estimate of drug-likeness (QED) is 0.454. The van der Waals surface area contributed by atoms with Crippen molar-refractivity contribution < 1.29 is 24.9 Å². The molecular weight excluding hydrogens is 260 g/mol. The van der Waals surface area contributed by atoms with E-state index in [0.29, 0.717) is 4.73 Å². The van der Waals surface area contributed by atoms with Crippen molar-refractivity contribution in [2.45, 2.75) is 31.5 Å². The molecule has 19 heavy (non-hydrogen) atoms. The molecule has 2 heterocycles. The van der Waals surface area contributed by atoms with Crippen LogP contribution >= 0.6 is 0 Å². The maximum absolute atomic E-state index is 11.5. The highest BCUT2D eigenvalue weighted by atomic mass is 16.8. The molecule has 1 saturated heterocycles. The van der Waals surface area contributed by atoms with Gasteiger partial charge in [0.2, 0.25) is 0 Å². The maximum atomic E-state index is 11.5. The Bertz CT molecular complexity index is 566. The number of aromatic nitrogens is 2. The number of nitrogens with zero attached hydrogens (tertiary/aromatic N) is 1. The summed E-state index contributed by atoms with van der Waals surface area (Å²) in [6, 6.07) is 0. The zero-order valence-corrected chi connectivity index (χ0v) is 10.0. The first-order chi connectivity index (χ1) is 8.93. The van der Waals surface area contributed by atoms with Gasteiger partial charge >= 0.3 is 5.69 Å². The monoisotopic (exact) mass is 274 g/mol. The molecule has 0 spiro atoms. The van der Waals surface area contributed by atoms with Crippen molar-refractivity contribution in [3.8, 4) is 0 Å². The minimum absolute atomic E-state index is 0.228. The maximum Gasteiger partial charge on any atom is 0.361 e. The van der Waals surface area contributed by atoms with Crippen LogP contribution in [0.25, 0.3) is 0 Å². The van der Waals surface area contributed by atoms with Gasteiger partial charge in [-0.05, 0) is 6.92 Å². The van der Waals surface area contributed by atoms with Gasteiger partial charge in [0.15, 0.2) is 0 Å². The van der Waals surface area contributed by atoms with E-state index in [4.69, 9.17) is 14.7 Å². The van der Waals surface area contributed by atoms with Gasteiger partial charge in [-0.25, -0.2) is 4.79 Å². The van der Waals surface area contributed by atoms with E-state index in [-0.39, 0.29) is 5.56 Å². The highest BCUT2D eigenvalue weighted by Crippen LogP contribution is 2.19. The van der Waals surface area contributed by atoms with Gasteiger partial charge < -0.3 is 24.9 Å². The lowest BCUT2D eigenvalue weighted by atomic mass is 10.1. The van der Waals surface area contributed by atoms with Gasteiger partial charge in [0, 0.05) is 5.56 Å². The number of rotatable bonds is 3. The highest BCUT2D eigenvalue weighted by molar-refractivity contribution is 5.00. The fourth-order valence-electron chi connectivity index (χ4n) is 1.69. The van der Waals surface area contributed by atoms with Crippen molar-refractivity contribution in [2.24, 2.45) is 0 Å². The number of nitrogens with one attached hydrogen (secondary N) is 1. The number of H-pyrrole nitrogens is 1. The Morgan fingerprint density at radius 1 is 1.42 bits per heavy atom. The summed E-state index contributed by atoms with van der Waals surface area (Å²) < 4.78 is 5.73. The molecule has 1 aliphatic rings. The van der Waals surface area contributed by atoms with E-state index in [0.717, 1.165) is 6.20 Å². The summed E-state index contributed by atoms with van der Waals surface area (Å²) in [5.74, 6) is 0. The van der Waals surface area contributed by atoms with Gasteiger partial charge in [-0.2, -0.15) is 0 Å². The fraction of sp³-hybridized carbons (Fsp3) is 0.600. The van der Waals surface area contributed by atoms with Crippen LogP contribution < -0.4 is 16.1 Å². The Labute approximate surface area is 106 Å². The number of aliphatic hydroxyl groups excluding tert-OH is 3. The van der Waals surface area contributed by atoms with Crippen LogP contribution in [0.15, 0.2) is 15.8 Å². The topological polar surface area (TPSA) is 134 Å². The minimum atomic E-state index is -1.42. The highest BCUT2D eigenvalue weighted by Gasteiger charge is 2.44. The molecule has 1 aromatic heterocycles. The van der Waals surface area contributed by atoms with Crippen molar-refractivity contribution in [1.82, 2.24) is 9.71 Å². The average Bonchev–Trinajstić information content (AvgIpc) is 2.63. The Hall–Kier alpha value is -1.68. The lowest BCUT2D eigenvalue weighted by Crippen LogP contribution is -2.43. The molecule has 0 saturated carbocycles. The van der Waals surface area contributed by atoms with Gasteiger partial charge in [-0.1, -0.05) is 0 Å². The second-order valence-electron chi connectivity index (χ2n) is 4.21. The number of ether oxygens (including phenoxy) is 1. The first kappa shape index (κ1) is 13.7. The van der Waals surface area contributed by atoms with E-state index in [1.165, 1.54) is 6.92 Å². The number of aryl methyl sites for hydroxylation is 1. The smallest absolute Gasteiger partial charge is 0.361 e. The SMILES string of the molecule is Cc1cn(O[C@@H]2O[C@H](CO)[C@@H](O)[C@@H]2O)c(=O)[nH]c1=O. The predicted octanol–water partition coefficient (Wildman–Crippen LogP) is -3.29. The first-order valence-electron chi connectivity index (χ1n) is 5.56. The van der Waals surface area contributed by atoms with Crippen LogP contribution in [0.1, 0.15) is 5.56 Å². The van der Waals surface area contributed by atoms with E-state index < -0.39 is 42.5 Å². The van der Waals surface area contributed by atoms with Crippen LogP contribution in [0.5, 0.6) is 0 Å². The molecule has 1 aliphatic heterocycles. The third-order valence-electron chi connectivity index (χ3n) is 2.81. The third kappa shape index (κ3) is 2.54. The third-order valence-corrected chi connectivity index (χ3v) is 2.81. The van der Waals surface area contributed by atoms with Crippen LogP contribution in [0.4, 0.5) is 0 Å². The van der Waals surface area contributed by atoms with Gasteiger partial charge in [0.05, 0.1) is 12.8 Å². The zero-order valence-electron chi connectivity index (χ0n) is 10.0. The molecule has 0 bridgehead atoms. The molecule has 0 aliphatic carbocycles. The second kappa shape index (κ2) is 5.13. The van der Waals surface area contributed by atoms with E-state index in [1.54, 1.807) is 0 Å². The van der Waals surface area contributed by atoms with Gasteiger partial charge in [0.1, 0.15) is 18.3 Å². The normalized spacial score (nSPS) is 30.5. The second-order valence-corrected chi connectivity index (χ2v) is 4.21. The summed E-state index contributed by atoms with van der Waals surface area (Å²) in [7, 11) is 0. The van der Waals surface area contributed by atoms with Crippen molar-refractivity contribution in [3.05, 3.63) is 32.6 Å². The molecule has 0 radical (unpaired) electrons. The van der Waals surface area contributed by atoms with Crippen molar-refractivity contribution in [2.75, 3.05) is 6.61 Å². The standard InChI is InChI=1S/C10H14N2O7/c1-4-2-12(10(17)11-8(4)16)19-9-7(15)6(14)5(3-13)18-9/h2,5-7,9,13-15H,3H2,1H3,(H,11,16,17)/t5-,6-,7+,9+/m1/s1. The van der Waals surface area contributed by atoms with E-state index in [9.17, 15) is 19.8 Å². The van der Waals surface area contributed by atoms with E-state index in [1.807, 2.05) is 4.98 Å². The summed E-state index contributed by atoms with van der Waals surface area (Å²) in [5.41, 5.74) is -1.16. The lowest BCUT2D eigenvalue weighted by Gasteiger charge is -2.17. The summed E-state index contributed by atoms with van der Waals surface area (Å²) in [6.45, 7) is 0.965. The molecule has 1 aromatic rings. The van der Waals surface area contributed by atoms with E-state index >= 15 is 0 Å². The zero-order chi connectivity index (χ0) is 14.2. The lowest BCUT2D eigenvalue weighted by molar-refractivity contribution is -0.174. The van der Waals surface area contributed by atoms with Gasteiger partial charge in [-0.15, -0.1) is 4.73 Å². The fourth-order valence-corrected chi connectivity index (χ4v) is 1.69. The van der Waals surface area contributed by atoms with Crippen LogP contribution in [0, 0.1) is 6.92 Å². The van der Waals surface area contributed by atoms with Crippen molar-refractivity contribution >= 4 is 0 Å².